The van der Waals surface area contributed by atoms with Crippen LogP contribution in [0.5, 0.6) is 0 Å². The number of ether oxygens (including phenoxy) is 1. The molecule has 3 rings (SSSR count). The molecular formula is C17H23ClN2O3. The Hall–Kier alpha value is -1.56. The summed E-state index contributed by atoms with van der Waals surface area (Å²) < 4.78 is 10.9. The van der Waals surface area contributed by atoms with Crippen molar-refractivity contribution in [3.05, 3.63) is 35.6 Å². The molecule has 0 amide bonds. The van der Waals surface area contributed by atoms with Gasteiger partial charge in [-0.1, -0.05) is 18.2 Å². The molecule has 1 aliphatic rings. The van der Waals surface area contributed by atoms with Gasteiger partial charge in [0, 0.05) is 43.7 Å². The molecule has 23 heavy (non-hydrogen) atoms. The number of rotatable bonds is 4. The van der Waals surface area contributed by atoms with Crippen LogP contribution < -0.4 is 0 Å². The fourth-order valence-electron chi connectivity index (χ4n) is 2.85. The Morgan fingerprint density at radius 2 is 1.91 bits per heavy atom. The summed E-state index contributed by atoms with van der Waals surface area (Å²) in [5.41, 5.74) is 1.69. The van der Waals surface area contributed by atoms with Crippen LogP contribution in [-0.4, -0.2) is 55.6 Å². The highest BCUT2D eigenvalue weighted by molar-refractivity contribution is 5.96. The molecule has 0 atom stereocenters. The third-order valence-corrected chi connectivity index (χ3v) is 4.14. The smallest absolute Gasteiger partial charge is 0.374 e. The number of piperazine rings is 1. The molecule has 0 saturated carbocycles. The maximum atomic E-state index is 12.2. The zero-order chi connectivity index (χ0) is 15.5. The molecule has 1 aromatic carbocycles. The SMILES string of the molecule is CCOC(=O)c1oc2ccccc2c1CN1CCN(C)CC1.Cl. The van der Waals surface area contributed by atoms with Crippen LogP contribution >= 0.6 is 12.4 Å². The molecular weight excluding hydrogens is 316 g/mol. The minimum Gasteiger partial charge on any atom is -0.460 e. The third kappa shape index (κ3) is 3.86. The second kappa shape index (κ2) is 7.81. The van der Waals surface area contributed by atoms with Gasteiger partial charge in [0.2, 0.25) is 5.76 Å². The molecule has 0 radical (unpaired) electrons. The first-order valence-corrected chi connectivity index (χ1v) is 7.77. The van der Waals surface area contributed by atoms with Gasteiger partial charge in [-0.05, 0) is 20.0 Å². The molecule has 0 spiro atoms. The van der Waals surface area contributed by atoms with Gasteiger partial charge in [-0.15, -0.1) is 12.4 Å². The largest absolute Gasteiger partial charge is 0.460 e. The van der Waals surface area contributed by atoms with Gasteiger partial charge in [0.15, 0.2) is 0 Å². The van der Waals surface area contributed by atoms with Gasteiger partial charge in [-0.3, -0.25) is 4.90 Å². The molecule has 5 nitrogen and oxygen atoms in total. The van der Waals surface area contributed by atoms with E-state index < -0.39 is 0 Å². The zero-order valence-corrected chi connectivity index (χ0v) is 14.4. The summed E-state index contributed by atoms with van der Waals surface area (Å²) in [6.07, 6.45) is 0. The molecule has 1 fully saturated rings. The molecule has 2 aromatic rings. The Kier molecular flexibility index (Phi) is 6.04. The summed E-state index contributed by atoms with van der Waals surface area (Å²) in [5, 5.41) is 1.00. The Bertz CT molecular complexity index is 663. The molecule has 2 heterocycles. The summed E-state index contributed by atoms with van der Waals surface area (Å²) >= 11 is 0. The highest BCUT2D eigenvalue weighted by atomic mass is 35.5. The predicted molar refractivity (Wildman–Crippen MR) is 92.2 cm³/mol. The van der Waals surface area contributed by atoms with E-state index in [1.165, 1.54) is 0 Å². The van der Waals surface area contributed by atoms with E-state index in [9.17, 15) is 4.79 Å². The minimum absolute atomic E-state index is 0. The Balaban J connectivity index is 0.00000192. The summed E-state index contributed by atoms with van der Waals surface area (Å²) in [5.74, 6) is -0.0233. The van der Waals surface area contributed by atoms with E-state index in [2.05, 4.69) is 16.8 Å². The van der Waals surface area contributed by atoms with Crippen molar-refractivity contribution in [3.8, 4) is 0 Å². The quantitative estimate of drug-likeness (QED) is 0.802. The lowest BCUT2D eigenvalue weighted by Gasteiger charge is -2.32. The number of carbonyl (C=O) groups is 1. The van der Waals surface area contributed by atoms with Gasteiger partial charge in [-0.2, -0.15) is 0 Å². The Morgan fingerprint density at radius 3 is 2.61 bits per heavy atom. The lowest BCUT2D eigenvalue weighted by Crippen LogP contribution is -2.44. The van der Waals surface area contributed by atoms with Crippen LogP contribution in [-0.2, 0) is 11.3 Å². The standard InChI is InChI=1S/C17H22N2O3.ClH/c1-3-21-17(20)16-14(12-19-10-8-18(2)9-11-19)13-6-4-5-7-15(13)22-16;/h4-7H,3,8-12H2,1-2H3;1H. The van der Waals surface area contributed by atoms with E-state index in [1.54, 1.807) is 6.92 Å². The monoisotopic (exact) mass is 338 g/mol. The fraction of sp³-hybridized carbons (Fsp3) is 0.471. The van der Waals surface area contributed by atoms with Crippen LogP contribution in [0.15, 0.2) is 28.7 Å². The Labute approximate surface area is 142 Å². The van der Waals surface area contributed by atoms with Crippen LogP contribution in [0.4, 0.5) is 0 Å². The summed E-state index contributed by atoms with van der Waals surface area (Å²) in [6.45, 7) is 6.97. The van der Waals surface area contributed by atoms with Gasteiger partial charge in [0.25, 0.3) is 0 Å². The van der Waals surface area contributed by atoms with Crippen LogP contribution in [0.1, 0.15) is 23.0 Å². The van der Waals surface area contributed by atoms with Crippen molar-refractivity contribution >= 4 is 29.3 Å². The van der Waals surface area contributed by atoms with Crippen molar-refractivity contribution in [3.63, 3.8) is 0 Å². The normalized spacial score (nSPS) is 16.3. The minimum atomic E-state index is -0.372. The van der Waals surface area contributed by atoms with Crippen LogP contribution in [0, 0.1) is 0 Å². The highest BCUT2D eigenvalue weighted by Gasteiger charge is 2.24. The number of benzene rings is 1. The number of hydrogen-bond acceptors (Lipinski definition) is 5. The fourth-order valence-corrected chi connectivity index (χ4v) is 2.85. The van der Waals surface area contributed by atoms with Crippen LogP contribution in [0.2, 0.25) is 0 Å². The summed E-state index contributed by atoms with van der Waals surface area (Å²) in [4.78, 5) is 16.9. The van der Waals surface area contributed by atoms with Crippen molar-refractivity contribution in [2.75, 3.05) is 39.8 Å². The van der Waals surface area contributed by atoms with E-state index in [1.807, 2.05) is 24.3 Å². The topological polar surface area (TPSA) is 45.9 Å². The second-order valence-corrected chi connectivity index (χ2v) is 5.71. The second-order valence-electron chi connectivity index (χ2n) is 5.71. The molecule has 126 valence electrons. The maximum absolute atomic E-state index is 12.2. The van der Waals surface area contributed by atoms with Crippen molar-refractivity contribution in [2.24, 2.45) is 0 Å². The lowest BCUT2D eigenvalue weighted by molar-refractivity contribution is 0.0488. The average molecular weight is 339 g/mol. The number of carbonyl (C=O) groups excluding carboxylic acids is 1. The number of furan rings is 1. The van der Waals surface area contributed by atoms with Crippen molar-refractivity contribution in [1.82, 2.24) is 9.80 Å². The number of halogens is 1. The number of nitrogens with zero attached hydrogens (tertiary/aromatic N) is 2. The number of fused-ring (bicyclic) bond motifs is 1. The average Bonchev–Trinajstić information content (AvgIpc) is 2.89. The van der Waals surface area contributed by atoms with Gasteiger partial charge in [0.05, 0.1) is 6.61 Å². The van der Waals surface area contributed by atoms with Crippen molar-refractivity contribution in [1.29, 1.82) is 0 Å². The van der Waals surface area contributed by atoms with Crippen molar-refractivity contribution < 1.29 is 13.9 Å². The van der Waals surface area contributed by atoms with E-state index >= 15 is 0 Å². The van der Waals surface area contributed by atoms with Crippen molar-refractivity contribution in [2.45, 2.75) is 13.5 Å². The van der Waals surface area contributed by atoms with E-state index in [4.69, 9.17) is 9.15 Å². The maximum Gasteiger partial charge on any atom is 0.374 e. The number of likely N-dealkylation sites (N-methyl/N-ethyl adjacent to an activating group) is 1. The van der Waals surface area contributed by atoms with Crippen LogP contribution in [0.3, 0.4) is 0 Å². The van der Waals surface area contributed by atoms with Gasteiger partial charge in [0.1, 0.15) is 5.58 Å². The lowest BCUT2D eigenvalue weighted by atomic mass is 10.1. The summed E-state index contributed by atoms with van der Waals surface area (Å²) in [7, 11) is 2.13. The Morgan fingerprint density at radius 1 is 1.22 bits per heavy atom. The predicted octanol–water partition coefficient (Wildman–Crippen LogP) is 2.78. The molecule has 1 saturated heterocycles. The van der Waals surface area contributed by atoms with Gasteiger partial charge in [-0.25, -0.2) is 4.79 Å². The van der Waals surface area contributed by atoms with E-state index in [0.717, 1.165) is 49.3 Å². The van der Waals surface area contributed by atoms with Gasteiger partial charge < -0.3 is 14.1 Å². The zero-order valence-electron chi connectivity index (χ0n) is 13.6. The molecule has 0 bridgehead atoms. The summed E-state index contributed by atoms with van der Waals surface area (Å²) in [6, 6.07) is 7.79. The van der Waals surface area contributed by atoms with Gasteiger partial charge >= 0.3 is 5.97 Å². The van der Waals surface area contributed by atoms with E-state index in [-0.39, 0.29) is 18.4 Å². The number of hydrogen-bond donors (Lipinski definition) is 0. The molecule has 6 heteroatoms. The number of para-hydroxylation sites is 1. The van der Waals surface area contributed by atoms with Crippen LogP contribution in [0.25, 0.3) is 11.0 Å². The first-order valence-electron chi connectivity index (χ1n) is 7.77. The highest BCUT2D eigenvalue weighted by Crippen LogP contribution is 2.28. The molecule has 0 N–H and O–H groups in total. The molecule has 0 aliphatic carbocycles. The third-order valence-electron chi connectivity index (χ3n) is 4.14. The first kappa shape index (κ1) is 17.8. The van der Waals surface area contributed by atoms with E-state index in [0.29, 0.717) is 12.4 Å². The number of esters is 1. The molecule has 1 aliphatic heterocycles. The first-order chi connectivity index (χ1) is 10.7. The molecule has 0 unspecified atom stereocenters. The molecule has 1 aromatic heterocycles.